The monoisotopic (exact) mass is 190 g/mol. The van der Waals surface area contributed by atoms with Gasteiger partial charge in [-0.2, -0.15) is 0 Å². The van der Waals surface area contributed by atoms with Crippen LogP contribution in [-0.4, -0.2) is 24.2 Å². The molecule has 0 saturated heterocycles. The summed E-state index contributed by atoms with van der Waals surface area (Å²) in [7, 11) is 1.86. The van der Waals surface area contributed by atoms with E-state index in [9.17, 15) is 0 Å². The summed E-state index contributed by atoms with van der Waals surface area (Å²) >= 11 is 0. The van der Waals surface area contributed by atoms with E-state index >= 15 is 0 Å². The molecule has 74 valence electrons. The lowest BCUT2D eigenvalue weighted by Gasteiger charge is -2.23. The molecule has 0 fully saturated rings. The first-order valence-electron chi connectivity index (χ1n) is 4.77. The second-order valence-corrected chi connectivity index (χ2v) is 3.43. The van der Waals surface area contributed by atoms with Gasteiger partial charge in [0.2, 0.25) is 5.96 Å². The minimum Gasteiger partial charge on any atom is -0.358 e. The molecular weight excluding hydrogens is 176 g/mol. The highest BCUT2D eigenvalue weighted by Gasteiger charge is 2.16. The Labute approximate surface area is 83.7 Å². The molecule has 0 amide bonds. The Balaban J connectivity index is 2.33. The van der Waals surface area contributed by atoms with Gasteiger partial charge >= 0.3 is 0 Å². The zero-order valence-electron chi connectivity index (χ0n) is 8.44. The molecule has 2 aliphatic rings. The summed E-state index contributed by atoms with van der Waals surface area (Å²) in [5.74, 6) is 2.32. The van der Waals surface area contributed by atoms with Crippen LogP contribution in [0.2, 0.25) is 0 Å². The van der Waals surface area contributed by atoms with Crippen LogP contribution < -0.4 is 5.32 Å². The van der Waals surface area contributed by atoms with Crippen LogP contribution in [0.25, 0.3) is 0 Å². The van der Waals surface area contributed by atoms with E-state index in [0.29, 0.717) is 5.92 Å². The van der Waals surface area contributed by atoms with Crippen molar-refractivity contribution in [1.82, 2.24) is 10.2 Å². The normalized spacial score (nSPS) is 25.0. The summed E-state index contributed by atoms with van der Waals surface area (Å²) in [6, 6.07) is 0. The standard InChI is InChI=1S/C10H14N4/c1-8-3-4-9-12-7-13-10(11-2)14(9)6-5-8/h4-8H,3H2,1-2H3,(H,11,12,13). The first-order valence-corrected chi connectivity index (χ1v) is 4.77. The molecule has 0 bridgehead atoms. The maximum absolute atomic E-state index is 4.23. The molecule has 0 aliphatic carbocycles. The van der Waals surface area contributed by atoms with Gasteiger partial charge in [-0.3, -0.25) is 4.90 Å². The predicted molar refractivity (Wildman–Crippen MR) is 57.8 cm³/mol. The Morgan fingerprint density at radius 2 is 2.43 bits per heavy atom. The van der Waals surface area contributed by atoms with Crippen LogP contribution in [0.1, 0.15) is 13.3 Å². The van der Waals surface area contributed by atoms with E-state index in [1.54, 1.807) is 6.34 Å². The predicted octanol–water partition coefficient (Wildman–Crippen LogP) is 1.30. The van der Waals surface area contributed by atoms with Gasteiger partial charge in [-0.05, 0) is 18.4 Å². The zero-order chi connectivity index (χ0) is 9.97. The van der Waals surface area contributed by atoms with Gasteiger partial charge in [0.1, 0.15) is 12.2 Å². The summed E-state index contributed by atoms with van der Waals surface area (Å²) < 4.78 is 0. The molecule has 0 aromatic rings. The number of fused-ring (bicyclic) bond motifs is 1. The van der Waals surface area contributed by atoms with Crippen molar-refractivity contribution in [2.75, 3.05) is 7.05 Å². The molecule has 2 heterocycles. The second-order valence-electron chi connectivity index (χ2n) is 3.43. The van der Waals surface area contributed by atoms with Crippen molar-refractivity contribution < 1.29 is 0 Å². The van der Waals surface area contributed by atoms with Crippen LogP contribution >= 0.6 is 0 Å². The smallest absolute Gasteiger partial charge is 0.209 e. The second kappa shape index (κ2) is 3.65. The molecule has 2 rings (SSSR count). The topological polar surface area (TPSA) is 40.0 Å². The quantitative estimate of drug-likeness (QED) is 0.625. The number of allylic oxidation sites excluding steroid dienone is 2. The fourth-order valence-corrected chi connectivity index (χ4v) is 1.46. The number of hydrogen-bond acceptors (Lipinski definition) is 4. The van der Waals surface area contributed by atoms with Crippen LogP contribution in [0.15, 0.2) is 34.2 Å². The highest BCUT2D eigenvalue weighted by atomic mass is 15.4. The summed E-state index contributed by atoms with van der Waals surface area (Å²) in [5, 5.41) is 3.04. The first-order chi connectivity index (χ1) is 6.81. The lowest BCUT2D eigenvalue weighted by atomic mass is 10.1. The van der Waals surface area contributed by atoms with Crippen molar-refractivity contribution in [1.29, 1.82) is 0 Å². The van der Waals surface area contributed by atoms with E-state index in [1.807, 2.05) is 18.1 Å². The number of nitrogens with one attached hydrogen (secondary N) is 1. The average molecular weight is 190 g/mol. The maximum Gasteiger partial charge on any atom is 0.209 e. The summed E-state index contributed by atoms with van der Waals surface area (Å²) in [6.45, 7) is 2.19. The molecular formula is C10H14N4. The van der Waals surface area contributed by atoms with Crippen LogP contribution in [0.4, 0.5) is 0 Å². The number of nitrogens with zero attached hydrogens (tertiary/aromatic N) is 3. The number of guanidine groups is 1. The highest BCUT2D eigenvalue weighted by Crippen LogP contribution is 2.19. The number of rotatable bonds is 0. The fraction of sp³-hybridized carbons (Fsp3) is 0.400. The van der Waals surface area contributed by atoms with Gasteiger partial charge in [-0.25, -0.2) is 9.98 Å². The molecule has 1 N–H and O–H groups in total. The third-order valence-electron chi connectivity index (χ3n) is 2.30. The van der Waals surface area contributed by atoms with Gasteiger partial charge in [-0.1, -0.05) is 13.0 Å². The van der Waals surface area contributed by atoms with Crippen molar-refractivity contribution >= 4 is 12.3 Å². The minimum atomic E-state index is 0.557. The van der Waals surface area contributed by atoms with Gasteiger partial charge in [-0.15, -0.1) is 0 Å². The van der Waals surface area contributed by atoms with Crippen molar-refractivity contribution in [3.63, 3.8) is 0 Å². The minimum absolute atomic E-state index is 0.557. The highest BCUT2D eigenvalue weighted by molar-refractivity contribution is 5.91. The molecule has 0 spiro atoms. The number of hydrogen-bond donors (Lipinski definition) is 1. The van der Waals surface area contributed by atoms with Gasteiger partial charge in [0.05, 0.1) is 0 Å². The molecule has 0 radical (unpaired) electrons. The molecule has 0 aromatic heterocycles. The largest absolute Gasteiger partial charge is 0.358 e. The van der Waals surface area contributed by atoms with Crippen LogP contribution in [0, 0.1) is 5.92 Å². The summed E-state index contributed by atoms with van der Waals surface area (Å²) in [4.78, 5) is 10.3. The summed E-state index contributed by atoms with van der Waals surface area (Å²) in [6.07, 6.45) is 8.92. The molecule has 1 atom stereocenters. The Kier molecular flexibility index (Phi) is 2.35. The van der Waals surface area contributed by atoms with E-state index < -0.39 is 0 Å². The van der Waals surface area contributed by atoms with E-state index in [-0.39, 0.29) is 0 Å². The first kappa shape index (κ1) is 8.99. The Hall–Kier alpha value is -1.58. The van der Waals surface area contributed by atoms with E-state index in [0.717, 1.165) is 18.2 Å². The third-order valence-corrected chi connectivity index (χ3v) is 2.30. The van der Waals surface area contributed by atoms with Crippen molar-refractivity contribution in [2.45, 2.75) is 13.3 Å². The van der Waals surface area contributed by atoms with E-state index in [1.165, 1.54) is 0 Å². The third kappa shape index (κ3) is 1.55. The van der Waals surface area contributed by atoms with Gasteiger partial charge in [0.25, 0.3) is 0 Å². The molecule has 0 saturated carbocycles. The van der Waals surface area contributed by atoms with E-state index in [2.05, 4.69) is 34.4 Å². The van der Waals surface area contributed by atoms with Gasteiger partial charge in [0.15, 0.2) is 0 Å². The van der Waals surface area contributed by atoms with Crippen LogP contribution in [0.3, 0.4) is 0 Å². The average Bonchev–Trinajstić information content (AvgIpc) is 2.41. The molecule has 4 heteroatoms. The molecule has 0 aromatic carbocycles. The molecule has 14 heavy (non-hydrogen) atoms. The summed E-state index contributed by atoms with van der Waals surface area (Å²) in [5.41, 5.74) is 0. The fourth-order valence-electron chi connectivity index (χ4n) is 1.46. The van der Waals surface area contributed by atoms with Gasteiger partial charge in [0, 0.05) is 13.2 Å². The van der Waals surface area contributed by atoms with Crippen molar-refractivity contribution in [3.8, 4) is 0 Å². The number of aliphatic imine (C=N–C) groups is 2. The van der Waals surface area contributed by atoms with Crippen molar-refractivity contribution in [3.05, 3.63) is 24.2 Å². The Morgan fingerprint density at radius 1 is 1.57 bits per heavy atom. The van der Waals surface area contributed by atoms with E-state index in [4.69, 9.17) is 0 Å². The van der Waals surface area contributed by atoms with Gasteiger partial charge < -0.3 is 5.32 Å². The Bertz CT molecular complexity index is 338. The zero-order valence-corrected chi connectivity index (χ0v) is 8.44. The maximum atomic E-state index is 4.23. The van der Waals surface area contributed by atoms with Crippen molar-refractivity contribution in [2.24, 2.45) is 15.9 Å². The molecule has 1 unspecified atom stereocenters. The lowest BCUT2D eigenvalue weighted by Crippen LogP contribution is -2.36. The molecule has 2 aliphatic heterocycles. The lowest BCUT2D eigenvalue weighted by molar-refractivity contribution is 0.644. The Morgan fingerprint density at radius 3 is 3.21 bits per heavy atom. The van der Waals surface area contributed by atoms with Crippen LogP contribution in [-0.2, 0) is 0 Å². The SMILES string of the molecule is CNC1=NC=NC2=CCC(C)C=CN21. The van der Waals surface area contributed by atoms with Crippen LogP contribution in [0.5, 0.6) is 0 Å². The molecule has 4 nitrogen and oxygen atoms in total.